The van der Waals surface area contributed by atoms with Gasteiger partial charge in [-0.3, -0.25) is 0 Å². The second-order valence-corrected chi connectivity index (χ2v) is 8.68. The molecule has 0 saturated carbocycles. The van der Waals surface area contributed by atoms with Gasteiger partial charge in [-0.25, -0.2) is 0 Å². The molecule has 29 heavy (non-hydrogen) atoms. The number of hydrogen-bond acceptors (Lipinski definition) is 2. The first-order valence-corrected chi connectivity index (χ1v) is 12.0. The molecule has 0 atom stereocenters. The Balaban J connectivity index is 1.24. The predicted octanol–water partition coefficient (Wildman–Crippen LogP) is 6.68. The van der Waals surface area contributed by atoms with Crippen molar-refractivity contribution in [1.82, 2.24) is 0 Å². The summed E-state index contributed by atoms with van der Waals surface area (Å²) >= 11 is 0.517. The molecule has 0 N–H and O–H groups in total. The summed E-state index contributed by atoms with van der Waals surface area (Å²) in [6, 6.07) is 36.6. The van der Waals surface area contributed by atoms with E-state index in [9.17, 15) is 0 Å². The molecule has 2 nitrogen and oxygen atoms in total. The topological polar surface area (TPSA) is 18.5 Å². The van der Waals surface area contributed by atoms with Gasteiger partial charge >= 0.3 is 178 Å². The Morgan fingerprint density at radius 1 is 0.414 bits per heavy atom. The van der Waals surface area contributed by atoms with Crippen LogP contribution in [-0.2, 0) is 10.6 Å². The predicted molar refractivity (Wildman–Crippen MR) is 119 cm³/mol. The Hall–Kier alpha value is -3.00. The number of ether oxygens (including phenoxy) is 2. The Bertz CT molecular complexity index is 913. The fourth-order valence-corrected chi connectivity index (χ4v) is 4.85. The van der Waals surface area contributed by atoms with Crippen molar-refractivity contribution in [2.24, 2.45) is 0 Å². The van der Waals surface area contributed by atoms with Gasteiger partial charge in [0, 0.05) is 0 Å². The van der Waals surface area contributed by atoms with Crippen LogP contribution in [0.15, 0.2) is 109 Å². The number of rotatable bonds is 8. The summed E-state index contributed by atoms with van der Waals surface area (Å²) in [7, 11) is 0. The molecule has 3 heteroatoms. The summed E-state index contributed by atoms with van der Waals surface area (Å²) in [4.78, 5) is 0. The molecule has 0 unspecified atom stereocenters. The molecule has 0 saturated heterocycles. The molecule has 4 aromatic carbocycles. The molecule has 4 aromatic rings. The summed E-state index contributed by atoms with van der Waals surface area (Å²) in [6.45, 7) is 0. The van der Waals surface area contributed by atoms with E-state index in [-0.39, 0.29) is 0 Å². The van der Waals surface area contributed by atoms with Gasteiger partial charge in [-0.1, -0.05) is 0 Å². The van der Waals surface area contributed by atoms with Crippen LogP contribution in [-0.4, -0.2) is 15.0 Å². The van der Waals surface area contributed by atoms with E-state index in [0.717, 1.165) is 33.6 Å². The van der Waals surface area contributed by atoms with Gasteiger partial charge in [0.2, 0.25) is 0 Å². The third-order valence-corrected chi connectivity index (χ3v) is 6.60. The van der Waals surface area contributed by atoms with Crippen molar-refractivity contribution in [2.45, 2.75) is 10.6 Å². The fourth-order valence-electron chi connectivity index (χ4n) is 2.84. The van der Waals surface area contributed by atoms with Gasteiger partial charge < -0.3 is 0 Å². The molecule has 0 amide bonds. The molecule has 0 fully saturated rings. The van der Waals surface area contributed by atoms with Gasteiger partial charge in [0.25, 0.3) is 0 Å². The van der Waals surface area contributed by atoms with Crippen LogP contribution in [0.4, 0.5) is 0 Å². The van der Waals surface area contributed by atoms with Crippen molar-refractivity contribution in [1.29, 1.82) is 0 Å². The van der Waals surface area contributed by atoms with E-state index >= 15 is 0 Å². The molecule has 0 spiro atoms. The normalized spacial score (nSPS) is 10.5. The standard InChI is InChI=1S/C26H22O2Se/c1-3-7-23(8-4-1)27-25-15-11-21(12-16-25)19-29-20-22-13-17-26(18-14-22)28-24-9-5-2-6-10-24/h1-18H,19-20H2. The van der Waals surface area contributed by atoms with Gasteiger partial charge in [0.15, 0.2) is 0 Å². The molecule has 0 aliphatic rings. The Kier molecular flexibility index (Phi) is 6.64. The van der Waals surface area contributed by atoms with E-state index in [2.05, 4.69) is 24.3 Å². The van der Waals surface area contributed by atoms with Gasteiger partial charge in [-0.15, -0.1) is 0 Å². The summed E-state index contributed by atoms with van der Waals surface area (Å²) in [6.07, 6.45) is 0. The van der Waals surface area contributed by atoms with Gasteiger partial charge in [-0.05, 0) is 0 Å². The average molecular weight is 445 g/mol. The van der Waals surface area contributed by atoms with Crippen LogP contribution in [0.5, 0.6) is 23.0 Å². The zero-order valence-electron chi connectivity index (χ0n) is 16.0. The summed E-state index contributed by atoms with van der Waals surface area (Å²) in [5, 5.41) is 2.22. The summed E-state index contributed by atoms with van der Waals surface area (Å²) in [5.74, 6) is 3.48. The Morgan fingerprint density at radius 3 is 1.14 bits per heavy atom. The zero-order valence-corrected chi connectivity index (χ0v) is 17.7. The van der Waals surface area contributed by atoms with E-state index < -0.39 is 0 Å². The number of para-hydroxylation sites is 2. The molecular formula is C26H22O2Se. The van der Waals surface area contributed by atoms with Crippen molar-refractivity contribution < 1.29 is 9.47 Å². The number of hydrogen-bond donors (Lipinski definition) is 0. The minimum absolute atomic E-state index is 0.517. The van der Waals surface area contributed by atoms with Crippen molar-refractivity contribution >= 4 is 15.0 Å². The van der Waals surface area contributed by atoms with Crippen molar-refractivity contribution in [3.63, 3.8) is 0 Å². The van der Waals surface area contributed by atoms with Crippen molar-refractivity contribution in [3.8, 4) is 23.0 Å². The first kappa shape index (κ1) is 19.3. The first-order chi connectivity index (χ1) is 14.3. The van der Waals surface area contributed by atoms with Gasteiger partial charge in [-0.2, -0.15) is 0 Å². The van der Waals surface area contributed by atoms with E-state index in [1.165, 1.54) is 11.1 Å². The SMILES string of the molecule is c1ccc(Oc2ccc(C[Se]Cc3ccc(Oc4ccccc4)cc3)cc2)cc1. The summed E-state index contributed by atoms with van der Waals surface area (Å²) < 4.78 is 11.7. The molecule has 0 bridgehead atoms. The molecule has 0 aromatic heterocycles. The average Bonchev–Trinajstić information content (AvgIpc) is 2.78. The Labute approximate surface area is 178 Å². The van der Waals surface area contributed by atoms with Crippen LogP contribution in [0.2, 0.25) is 0 Å². The van der Waals surface area contributed by atoms with E-state index in [1.54, 1.807) is 0 Å². The monoisotopic (exact) mass is 446 g/mol. The second kappa shape index (κ2) is 9.97. The molecule has 144 valence electrons. The van der Waals surface area contributed by atoms with Crippen LogP contribution in [0.3, 0.4) is 0 Å². The Morgan fingerprint density at radius 2 is 0.759 bits per heavy atom. The van der Waals surface area contributed by atoms with E-state index in [4.69, 9.17) is 9.47 Å². The number of benzene rings is 4. The van der Waals surface area contributed by atoms with Crippen LogP contribution >= 0.6 is 0 Å². The van der Waals surface area contributed by atoms with Crippen LogP contribution < -0.4 is 9.47 Å². The molecular weight excluding hydrogens is 423 g/mol. The summed E-state index contributed by atoms with van der Waals surface area (Å²) in [5.41, 5.74) is 2.71. The second-order valence-electron chi connectivity index (χ2n) is 6.61. The van der Waals surface area contributed by atoms with E-state index in [0.29, 0.717) is 15.0 Å². The van der Waals surface area contributed by atoms with Crippen LogP contribution in [0, 0.1) is 0 Å². The maximum atomic E-state index is 5.85. The van der Waals surface area contributed by atoms with Crippen LogP contribution in [0.1, 0.15) is 11.1 Å². The van der Waals surface area contributed by atoms with Crippen molar-refractivity contribution in [3.05, 3.63) is 120 Å². The van der Waals surface area contributed by atoms with Crippen molar-refractivity contribution in [2.75, 3.05) is 0 Å². The van der Waals surface area contributed by atoms with Crippen LogP contribution in [0.25, 0.3) is 0 Å². The zero-order chi connectivity index (χ0) is 19.7. The fraction of sp³-hybridized carbons (Fsp3) is 0.0769. The third-order valence-electron chi connectivity index (χ3n) is 4.34. The van der Waals surface area contributed by atoms with E-state index in [1.807, 2.05) is 84.9 Å². The molecule has 0 aliphatic heterocycles. The minimum atomic E-state index is 0.517. The van der Waals surface area contributed by atoms with Gasteiger partial charge in [0.05, 0.1) is 0 Å². The van der Waals surface area contributed by atoms with Gasteiger partial charge in [0.1, 0.15) is 0 Å². The quantitative estimate of drug-likeness (QED) is 0.282. The molecule has 0 radical (unpaired) electrons. The molecule has 0 heterocycles. The molecule has 4 rings (SSSR count). The molecule has 0 aliphatic carbocycles. The first-order valence-electron chi connectivity index (χ1n) is 9.57. The third kappa shape index (κ3) is 5.99. The maximum absolute atomic E-state index is 5.85.